The lowest BCUT2D eigenvalue weighted by atomic mass is 11.3. The first kappa shape index (κ1) is 6.14. The Kier molecular flexibility index (Phi) is 3.41. The van der Waals surface area contributed by atoms with Crippen LogP contribution in [-0.2, 0) is 9.47 Å². The van der Waals surface area contributed by atoms with Gasteiger partial charge in [0.05, 0.1) is 10.2 Å². The molecular formula is C3H10O2Si. The highest BCUT2D eigenvalue weighted by Crippen LogP contribution is 1.77. The molecule has 0 aromatic carbocycles. The van der Waals surface area contributed by atoms with Crippen molar-refractivity contribution in [3.8, 4) is 0 Å². The van der Waals surface area contributed by atoms with Gasteiger partial charge in [0.25, 0.3) is 0 Å². The van der Waals surface area contributed by atoms with Crippen LogP contribution in [0.4, 0.5) is 0 Å². The average Bonchev–Trinajstić information content (AvgIpc) is 1.65. The van der Waals surface area contributed by atoms with Crippen LogP contribution in [0.15, 0.2) is 0 Å². The molecule has 0 unspecified atom stereocenters. The highest BCUT2D eigenvalue weighted by atomic mass is 28.1. The minimum Gasteiger partial charge on any atom is -0.361 e. The third-order valence-corrected chi connectivity index (χ3v) is 1.61. The molecule has 0 bridgehead atoms. The summed E-state index contributed by atoms with van der Waals surface area (Å²) < 4.78 is 9.48. The zero-order valence-corrected chi connectivity index (χ0v) is 6.39. The highest BCUT2D eigenvalue weighted by molar-refractivity contribution is 6.09. The molecule has 0 rings (SSSR count). The van der Waals surface area contributed by atoms with E-state index in [9.17, 15) is 0 Å². The Labute approximate surface area is 40.9 Å². The fraction of sp³-hybridized carbons (Fsp3) is 1.00. The number of rotatable bonds is 2. The Morgan fingerprint density at radius 3 is 1.67 bits per heavy atom. The summed E-state index contributed by atoms with van der Waals surface area (Å²) >= 11 is 0. The zero-order chi connectivity index (χ0) is 4.99. The number of hydrogen-bond acceptors (Lipinski definition) is 2. The molecule has 0 radical (unpaired) electrons. The summed E-state index contributed by atoms with van der Waals surface area (Å²) in [5.74, 6) is 0.0741. The molecule has 0 fully saturated rings. The van der Waals surface area contributed by atoms with Gasteiger partial charge in [-0.2, -0.15) is 0 Å². The molecule has 0 aliphatic heterocycles. The molecule has 2 nitrogen and oxygen atoms in total. The summed E-state index contributed by atoms with van der Waals surface area (Å²) in [4.78, 5) is 0. The highest BCUT2D eigenvalue weighted by Gasteiger charge is 1.87. The van der Waals surface area contributed by atoms with E-state index in [-0.39, 0.29) is 5.91 Å². The molecule has 0 atom stereocenters. The van der Waals surface area contributed by atoms with Crippen LogP contribution in [0.1, 0.15) is 0 Å². The summed E-state index contributed by atoms with van der Waals surface area (Å²) in [5.41, 5.74) is 0. The molecule has 0 aliphatic rings. The lowest BCUT2D eigenvalue weighted by molar-refractivity contribution is -0.0411. The summed E-state index contributed by atoms with van der Waals surface area (Å²) in [6.45, 7) is 0. The molecule has 0 aromatic heterocycles. The first-order valence-corrected chi connectivity index (χ1v) is 3.02. The lowest BCUT2D eigenvalue weighted by Gasteiger charge is -2.03. The van der Waals surface area contributed by atoms with Gasteiger partial charge >= 0.3 is 0 Å². The van der Waals surface area contributed by atoms with Gasteiger partial charge < -0.3 is 9.47 Å². The van der Waals surface area contributed by atoms with Crippen molar-refractivity contribution in [1.29, 1.82) is 0 Å². The van der Waals surface area contributed by atoms with Crippen molar-refractivity contribution in [2.24, 2.45) is 0 Å². The predicted octanol–water partition coefficient (Wildman–Crippen LogP) is -1.07. The van der Waals surface area contributed by atoms with Crippen molar-refractivity contribution in [3.63, 3.8) is 0 Å². The molecule has 0 aliphatic carbocycles. The van der Waals surface area contributed by atoms with Gasteiger partial charge in [-0.15, -0.1) is 0 Å². The van der Waals surface area contributed by atoms with Gasteiger partial charge in [0, 0.05) is 14.2 Å². The van der Waals surface area contributed by atoms with Crippen molar-refractivity contribution in [1.82, 2.24) is 0 Å². The summed E-state index contributed by atoms with van der Waals surface area (Å²) in [5, 5.41) is 0. The number of methoxy groups -OCH3 is 2. The third-order valence-electron chi connectivity index (χ3n) is 0.664. The van der Waals surface area contributed by atoms with E-state index in [0.29, 0.717) is 0 Å². The third kappa shape index (κ3) is 2.38. The molecule has 0 heterocycles. The Morgan fingerprint density at radius 1 is 1.33 bits per heavy atom. The van der Waals surface area contributed by atoms with Gasteiger partial charge in [-0.05, 0) is 0 Å². The summed E-state index contributed by atoms with van der Waals surface area (Å²) in [6.07, 6.45) is 0. The van der Waals surface area contributed by atoms with E-state index >= 15 is 0 Å². The maximum Gasteiger partial charge on any atom is 0.130 e. The van der Waals surface area contributed by atoms with Crippen LogP contribution in [-0.4, -0.2) is 30.4 Å². The van der Waals surface area contributed by atoms with Gasteiger partial charge in [0.2, 0.25) is 0 Å². The van der Waals surface area contributed by atoms with Crippen LogP contribution in [0.3, 0.4) is 0 Å². The van der Waals surface area contributed by atoms with Crippen molar-refractivity contribution >= 4 is 10.2 Å². The molecule has 0 amide bonds. The van der Waals surface area contributed by atoms with Crippen molar-refractivity contribution in [2.45, 2.75) is 5.91 Å². The number of hydrogen-bond donors (Lipinski definition) is 0. The summed E-state index contributed by atoms with van der Waals surface area (Å²) in [7, 11) is 4.23. The molecule has 0 saturated heterocycles. The normalized spacial score (nSPS) is 10.5. The first-order chi connectivity index (χ1) is 2.81. The SMILES string of the molecule is COC([SiH3])OC. The molecule has 3 heteroatoms. The average molecular weight is 106 g/mol. The Bertz CT molecular complexity index is 28.0. The summed E-state index contributed by atoms with van der Waals surface area (Å²) in [6, 6.07) is 0. The van der Waals surface area contributed by atoms with Gasteiger partial charge in [0.1, 0.15) is 5.91 Å². The van der Waals surface area contributed by atoms with E-state index in [1.165, 1.54) is 0 Å². The van der Waals surface area contributed by atoms with E-state index in [1.54, 1.807) is 14.2 Å². The smallest absolute Gasteiger partial charge is 0.130 e. The largest absolute Gasteiger partial charge is 0.361 e. The van der Waals surface area contributed by atoms with Crippen molar-refractivity contribution < 1.29 is 9.47 Å². The van der Waals surface area contributed by atoms with Crippen molar-refractivity contribution in [2.75, 3.05) is 14.2 Å². The van der Waals surface area contributed by atoms with Crippen LogP contribution >= 0.6 is 0 Å². The van der Waals surface area contributed by atoms with Crippen LogP contribution in [0.25, 0.3) is 0 Å². The van der Waals surface area contributed by atoms with Crippen LogP contribution < -0.4 is 0 Å². The topological polar surface area (TPSA) is 18.5 Å². The first-order valence-electron chi connectivity index (χ1n) is 1.87. The monoisotopic (exact) mass is 106 g/mol. The van der Waals surface area contributed by atoms with Crippen LogP contribution in [0.5, 0.6) is 0 Å². The van der Waals surface area contributed by atoms with Crippen LogP contribution in [0.2, 0.25) is 0 Å². The Balaban J connectivity index is 2.75. The molecule has 0 saturated carbocycles. The van der Waals surface area contributed by atoms with Gasteiger partial charge in [-0.25, -0.2) is 0 Å². The second kappa shape index (κ2) is 3.33. The van der Waals surface area contributed by atoms with Gasteiger partial charge in [0.15, 0.2) is 0 Å². The minimum atomic E-state index is 0.0741. The number of ether oxygens (including phenoxy) is 2. The second-order valence-electron chi connectivity index (χ2n) is 1.04. The molecule has 38 valence electrons. The maximum absolute atomic E-state index is 4.74. The van der Waals surface area contributed by atoms with E-state index in [2.05, 4.69) is 0 Å². The molecule has 0 spiro atoms. The zero-order valence-electron chi connectivity index (χ0n) is 4.39. The molecule has 0 aromatic rings. The van der Waals surface area contributed by atoms with E-state index in [0.717, 1.165) is 10.2 Å². The van der Waals surface area contributed by atoms with E-state index in [1.807, 2.05) is 0 Å². The fourth-order valence-electron chi connectivity index (χ4n) is 0.0962. The quantitative estimate of drug-likeness (QED) is 0.329. The van der Waals surface area contributed by atoms with E-state index in [4.69, 9.17) is 9.47 Å². The lowest BCUT2D eigenvalue weighted by Crippen LogP contribution is -2.11. The molecular weight excluding hydrogens is 96.1 g/mol. The Morgan fingerprint density at radius 2 is 1.67 bits per heavy atom. The minimum absolute atomic E-state index is 0.0741. The molecule has 6 heavy (non-hydrogen) atoms. The van der Waals surface area contributed by atoms with Gasteiger partial charge in [-0.1, -0.05) is 0 Å². The maximum atomic E-state index is 4.74. The standard InChI is InChI=1S/C3H10O2Si/c1-4-3(6)5-2/h3H,1-2,6H3. The molecule has 0 N–H and O–H groups in total. The Hall–Kier alpha value is 0.137. The van der Waals surface area contributed by atoms with E-state index < -0.39 is 0 Å². The van der Waals surface area contributed by atoms with Crippen LogP contribution in [0, 0.1) is 0 Å². The van der Waals surface area contributed by atoms with Gasteiger partial charge in [-0.3, -0.25) is 0 Å². The predicted molar refractivity (Wildman–Crippen MR) is 27.7 cm³/mol. The second-order valence-corrected chi connectivity index (χ2v) is 1.98. The fourth-order valence-corrected chi connectivity index (χ4v) is 0.0962. The van der Waals surface area contributed by atoms with Crippen molar-refractivity contribution in [3.05, 3.63) is 0 Å².